The SMILES string of the molecule is CCNC(=NCCN1C(=O)CCCC1=O)NC1CC(OCC)C12CCC2.I. The molecule has 8 heteroatoms. The van der Waals surface area contributed by atoms with Crippen molar-refractivity contribution < 1.29 is 14.3 Å². The van der Waals surface area contributed by atoms with Gasteiger partial charge in [-0.05, 0) is 39.5 Å². The summed E-state index contributed by atoms with van der Waals surface area (Å²) in [6.07, 6.45) is 6.69. The van der Waals surface area contributed by atoms with Gasteiger partial charge in [0.15, 0.2) is 5.96 Å². The van der Waals surface area contributed by atoms with Crippen LogP contribution in [-0.4, -0.2) is 61.1 Å². The molecule has 3 rings (SSSR count). The van der Waals surface area contributed by atoms with E-state index in [-0.39, 0.29) is 41.2 Å². The molecule has 0 radical (unpaired) electrons. The Kier molecular flexibility index (Phi) is 8.33. The smallest absolute Gasteiger partial charge is 0.229 e. The van der Waals surface area contributed by atoms with E-state index >= 15 is 0 Å². The molecule has 0 aromatic carbocycles. The first-order valence-electron chi connectivity index (χ1n) is 10.1. The number of nitrogens with zero attached hydrogens (tertiary/aromatic N) is 2. The highest BCUT2D eigenvalue weighted by atomic mass is 127. The second-order valence-corrected chi connectivity index (χ2v) is 7.52. The predicted octanol–water partition coefficient (Wildman–Crippen LogP) is 2.05. The first-order valence-corrected chi connectivity index (χ1v) is 10.1. The van der Waals surface area contributed by atoms with Gasteiger partial charge in [0, 0.05) is 44.0 Å². The summed E-state index contributed by atoms with van der Waals surface area (Å²) in [7, 11) is 0. The summed E-state index contributed by atoms with van der Waals surface area (Å²) in [5.41, 5.74) is 0.269. The molecular weight excluding hydrogens is 459 g/mol. The summed E-state index contributed by atoms with van der Waals surface area (Å²) in [5.74, 6) is 0.637. The molecule has 2 amide bonds. The van der Waals surface area contributed by atoms with Crippen LogP contribution in [0.1, 0.15) is 58.8 Å². The minimum Gasteiger partial charge on any atom is -0.378 e. The van der Waals surface area contributed by atoms with Gasteiger partial charge in [0.05, 0.1) is 12.6 Å². The van der Waals surface area contributed by atoms with E-state index in [1.54, 1.807) is 0 Å². The van der Waals surface area contributed by atoms with Crippen LogP contribution < -0.4 is 10.6 Å². The van der Waals surface area contributed by atoms with E-state index in [1.807, 2.05) is 6.92 Å². The summed E-state index contributed by atoms with van der Waals surface area (Å²) in [6.45, 7) is 6.44. The van der Waals surface area contributed by atoms with Gasteiger partial charge in [-0.2, -0.15) is 0 Å². The molecule has 2 N–H and O–H groups in total. The highest BCUT2D eigenvalue weighted by Crippen LogP contribution is 2.57. The van der Waals surface area contributed by atoms with Crippen molar-refractivity contribution in [2.45, 2.75) is 70.9 Å². The van der Waals surface area contributed by atoms with Crippen molar-refractivity contribution in [3.05, 3.63) is 0 Å². The Labute approximate surface area is 179 Å². The molecule has 3 fully saturated rings. The van der Waals surface area contributed by atoms with E-state index in [1.165, 1.54) is 24.2 Å². The largest absolute Gasteiger partial charge is 0.378 e. The van der Waals surface area contributed by atoms with E-state index in [2.05, 4.69) is 22.5 Å². The Morgan fingerprint density at radius 3 is 2.48 bits per heavy atom. The monoisotopic (exact) mass is 492 g/mol. The van der Waals surface area contributed by atoms with Gasteiger partial charge in [-0.25, -0.2) is 0 Å². The fourth-order valence-corrected chi connectivity index (χ4v) is 4.44. The zero-order chi connectivity index (χ0) is 18.6. The van der Waals surface area contributed by atoms with Gasteiger partial charge in [-0.3, -0.25) is 19.5 Å². The van der Waals surface area contributed by atoms with Crippen molar-refractivity contribution in [2.24, 2.45) is 10.4 Å². The number of piperidine rings is 1. The van der Waals surface area contributed by atoms with Gasteiger partial charge in [0.2, 0.25) is 11.8 Å². The summed E-state index contributed by atoms with van der Waals surface area (Å²) >= 11 is 0. The molecule has 1 aliphatic heterocycles. The van der Waals surface area contributed by atoms with E-state index in [0.717, 1.165) is 25.5 Å². The molecule has 1 saturated heterocycles. The van der Waals surface area contributed by atoms with E-state index in [4.69, 9.17) is 4.74 Å². The highest BCUT2D eigenvalue weighted by Gasteiger charge is 2.59. The predicted molar refractivity (Wildman–Crippen MR) is 115 cm³/mol. The van der Waals surface area contributed by atoms with Crippen molar-refractivity contribution in [1.82, 2.24) is 15.5 Å². The first kappa shape index (κ1) is 22.4. The number of nitrogens with one attached hydrogen (secondary N) is 2. The Morgan fingerprint density at radius 1 is 1.22 bits per heavy atom. The molecular formula is C19H33IN4O3. The first-order chi connectivity index (χ1) is 12.6. The zero-order valence-electron chi connectivity index (χ0n) is 16.5. The second kappa shape index (κ2) is 10.0. The maximum absolute atomic E-state index is 11.9. The minimum absolute atomic E-state index is 0. The molecule has 0 bridgehead atoms. The molecule has 0 aromatic heterocycles. The number of rotatable bonds is 7. The summed E-state index contributed by atoms with van der Waals surface area (Å²) in [4.78, 5) is 29.7. The van der Waals surface area contributed by atoms with Crippen LogP contribution in [0.2, 0.25) is 0 Å². The number of halogens is 1. The van der Waals surface area contributed by atoms with Gasteiger partial charge in [-0.15, -0.1) is 24.0 Å². The third-order valence-corrected chi connectivity index (χ3v) is 6.07. The van der Waals surface area contributed by atoms with E-state index < -0.39 is 0 Å². The third-order valence-electron chi connectivity index (χ3n) is 6.07. The van der Waals surface area contributed by atoms with Crippen molar-refractivity contribution >= 4 is 41.8 Å². The molecule has 1 heterocycles. The molecule has 154 valence electrons. The fraction of sp³-hybridized carbons (Fsp3) is 0.842. The summed E-state index contributed by atoms with van der Waals surface area (Å²) in [5, 5.41) is 6.85. The Hall–Kier alpha value is -0.900. The molecule has 2 atom stereocenters. The van der Waals surface area contributed by atoms with Gasteiger partial charge in [0.25, 0.3) is 0 Å². The Morgan fingerprint density at radius 2 is 1.93 bits per heavy atom. The molecule has 2 unspecified atom stereocenters. The van der Waals surface area contributed by atoms with Crippen molar-refractivity contribution in [1.29, 1.82) is 0 Å². The van der Waals surface area contributed by atoms with Crippen molar-refractivity contribution in [3.63, 3.8) is 0 Å². The van der Waals surface area contributed by atoms with Crippen LogP contribution in [0.15, 0.2) is 4.99 Å². The van der Waals surface area contributed by atoms with Crippen molar-refractivity contribution in [2.75, 3.05) is 26.2 Å². The van der Waals surface area contributed by atoms with Crippen LogP contribution >= 0.6 is 24.0 Å². The third kappa shape index (κ3) is 4.75. The normalized spacial score (nSPS) is 26.9. The molecule has 3 aliphatic rings. The molecule has 2 saturated carbocycles. The van der Waals surface area contributed by atoms with Crippen LogP contribution in [-0.2, 0) is 14.3 Å². The number of aliphatic imine (C=N–C) groups is 1. The van der Waals surface area contributed by atoms with Gasteiger partial charge in [-0.1, -0.05) is 6.42 Å². The number of likely N-dealkylation sites (tertiary alicyclic amines) is 1. The van der Waals surface area contributed by atoms with Crippen LogP contribution in [0.3, 0.4) is 0 Å². The molecule has 27 heavy (non-hydrogen) atoms. The maximum Gasteiger partial charge on any atom is 0.229 e. The molecule has 2 aliphatic carbocycles. The van der Waals surface area contributed by atoms with Gasteiger partial charge < -0.3 is 15.4 Å². The molecule has 1 spiro atoms. The summed E-state index contributed by atoms with van der Waals surface area (Å²) in [6, 6.07) is 0.392. The number of carbonyl (C=O) groups excluding carboxylic acids is 2. The quantitative estimate of drug-likeness (QED) is 0.246. The topological polar surface area (TPSA) is 83.0 Å². The lowest BCUT2D eigenvalue weighted by molar-refractivity contribution is -0.168. The van der Waals surface area contributed by atoms with Crippen LogP contribution in [0, 0.1) is 5.41 Å². The Bertz CT molecular complexity index is 549. The highest BCUT2D eigenvalue weighted by molar-refractivity contribution is 14.0. The van der Waals surface area contributed by atoms with Crippen LogP contribution in [0.4, 0.5) is 0 Å². The van der Waals surface area contributed by atoms with Crippen LogP contribution in [0.5, 0.6) is 0 Å². The standard InChI is InChI=1S/C19H32N4O3.HI/c1-3-20-18(21-11-12-23-16(24)7-5-8-17(23)25)22-14-13-15(26-4-2)19(14)9-6-10-19;/h14-15H,3-13H2,1-2H3,(H2,20,21,22);1H. The van der Waals surface area contributed by atoms with Crippen LogP contribution in [0.25, 0.3) is 0 Å². The minimum atomic E-state index is -0.0682. The number of hydrogen-bond donors (Lipinski definition) is 2. The number of amides is 2. The Balaban J connectivity index is 0.00000261. The van der Waals surface area contributed by atoms with E-state index in [0.29, 0.717) is 44.5 Å². The average molecular weight is 492 g/mol. The maximum atomic E-state index is 11.9. The molecule has 7 nitrogen and oxygen atoms in total. The average Bonchev–Trinajstić information content (AvgIpc) is 2.55. The number of carbonyl (C=O) groups is 2. The second-order valence-electron chi connectivity index (χ2n) is 7.52. The lowest BCUT2D eigenvalue weighted by Crippen LogP contribution is -2.68. The van der Waals surface area contributed by atoms with Crippen molar-refractivity contribution in [3.8, 4) is 0 Å². The zero-order valence-corrected chi connectivity index (χ0v) is 18.8. The van der Waals surface area contributed by atoms with Gasteiger partial charge in [0.1, 0.15) is 0 Å². The number of hydrogen-bond acceptors (Lipinski definition) is 4. The van der Waals surface area contributed by atoms with Gasteiger partial charge >= 0.3 is 0 Å². The summed E-state index contributed by atoms with van der Waals surface area (Å²) < 4.78 is 5.91. The lowest BCUT2D eigenvalue weighted by atomic mass is 9.51. The van der Waals surface area contributed by atoms with E-state index in [9.17, 15) is 9.59 Å². The number of imide groups is 1. The lowest BCUT2D eigenvalue weighted by Gasteiger charge is -2.61. The number of ether oxygens (including phenoxy) is 1. The fourth-order valence-electron chi connectivity index (χ4n) is 4.44. The number of guanidine groups is 1. The molecule has 0 aromatic rings.